The maximum Gasteiger partial charge on any atom is 0.189 e. The molecule has 142 valence electrons. The van der Waals surface area contributed by atoms with Gasteiger partial charge in [-0.1, -0.05) is 30.3 Å². The minimum absolute atomic E-state index is 0.640. The first-order chi connectivity index (χ1) is 13.7. The third-order valence-corrected chi connectivity index (χ3v) is 5.18. The number of nitrogens with one attached hydrogen (secondary N) is 1. The number of hydrazone groups is 1. The first-order valence-electron chi connectivity index (χ1n) is 9.32. The van der Waals surface area contributed by atoms with Crippen molar-refractivity contribution in [1.29, 1.82) is 0 Å². The zero-order valence-electron chi connectivity index (χ0n) is 15.7. The molecule has 0 radical (unpaired) electrons. The monoisotopic (exact) mass is 390 g/mol. The normalized spacial score (nSPS) is 15.0. The van der Waals surface area contributed by atoms with Crippen LogP contribution in [0.25, 0.3) is 10.9 Å². The molecule has 0 atom stereocenters. The van der Waals surface area contributed by atoms with Crippen LogP contribution >= 0.6 is 12.2 Å². The van der Waals surface area contributed by atoms with Crippen molar-refractivity contribution in [3.63, 3.8) is 0 Å². The molecule has 6 nitrogen and oxygen atoms in total. The van der Waals surface area contributed by atoms with Gasteiger partial charge in [-0.25, -0.2) is 9.97 Å². The molecule has 1 N–H and O–H groups in total. The van der Waals surface area contributed by atoms with E-state index in [-0.39, 0.29) is 0 Å². The molecule has 4 rings (SSSR count). The van der Waals surface area contributed by atoms with Crippen molar-refractivity contribution in [2.24, 2.45) is 5.10 Å². The molecule has 1 aliphatic heterocycles. The molecule has 3 aromatic rings. The molecule has 0 unspecified atom stereocenters. The Morgan fingerprint density at radius 2 is 1.79 bits per heavy atom. The zero-order chi connectivity index (χ0) is 19.3. The molecule has 2 aromatic heterocycles. The number of pyridine rings is 2. The summed E-state index contributed by atoms with van der Waals surface area (Å²) in [6, 6.07) is 18.1. The Balaban J connectivity index is 1.35. The molecule has 0 bridgehead atoms. The maximum atomic E-state index is 5.53. The van der Waals surface area contributed by atoms with Crippen molar-refractivity contribution in [3.8, 4) is 0 Å². The van der Waals surface area contributed by atoms with E-state index in [1.165, 1.54) is 0 Å². The largest absolute Gasteiger partial charge is 0.353 e. The highest BCUT2D eigenvalue weighted by Crippen LogP contribution is 2.13. The Morgan fingerprint density at radius 1 is 1.00 bits per heavy atom. The number of anilines is 1. The van der Waals surface area contributed by atoms with Crippen molar-refractivity contribution >= 4 is 39.8 Å². The van der Waals surface area contributed by atoms with Gasteiger partial charge in [0.1, 0.15) is 5.82 Å². The van der Waals surface area contributed by atoms with E-state index in [1.54, 1.807) is 0 Å². The number of para-hydroxylation sites is 1. The van der Waals surface area contributed by atoms with Gasteiger partial charge in [-0.3, -0.25) is 5.43 Å². The van der Waals surface area contributed by atoms with Crippen LogP contribution in [0.5, 0.6) is 0 Å². The fraction of sp³-hybridized carbons (Fsp3) is 0.238. The summed E-state index contributed by atoms with van der Waals surface area (Å²) in [6.45, 7) is 5.38. The van der Waals surface area contributed by atoms with Crippen LogP contribution < -0.4 is 10.3 Å². The smallest absolute Gasteiger partial charge is 0.189 e. The van der Waals surface area contributed by atoms with Crippen LogP contribution in [0.15, 0.2) is 65.9 Å². The molecule has 1 fully saturated rings. The lowest BCUT2D eigenvalue weighted by Gasteiger charge is -2.36. The van der Waals surface area contributed by atoms with Gasteiger partial charge in [0.2, 0.25) is 0 Å². The van der Waals surface area contributed by atoms with Crippen molar-refractivity contribution in [3.05, 3.63) is 66.5 Å². The molecule has 0 aliphatic carbocycles. The second-order valence-electron chi connectivity index (χ2n) is 6.67. The van der Waals surface area contributed by atoms with Crippen LogP contribution in [-0.4, -0.2) is 51.9 Å². The molecule has 1 saturated heterocycles. The maximum absolute atomic E-state index is 5.53. The molecule has 3 heterocycles. The number of hydrogen-bond acceptors (Lipinski definition) is 5. The summed E-state index contributed by atoms with van der Waals surface area (Å²) in [4.78, 5) is 13.5. The summed E-state index contributed by atoms with van der Waals surface area (Å²) in [5.74, 6) is 1.01. The van der Waals surface area contributed by atoms with E-state index in [9.17, 15) is 0 Å². The molecule has 0 amide bonds. The first kappa shape index (κ1) is 18.3. The van der Waals surface area contributed by atoms with Crippen LogP contribution in [0, 0.1) is 0 Å². The van der Waals surface area contributed by atoms with Gasteiger partial charge in [-0.05, 0) is 43.4 Å². The summed E-state index contributed by atoms with van der Waals surface area (Å²) in [6.07, 6.45) is 1.83. The lowest BCUT2D eigenvalue weighted by Crippen LogP contribution is -2.51. The standard InChI is InChI=1S/C21H22N6S/c1-16(18-10-9-17-6-2-3-7-19(17)23-18)24-25-21(28)27-14-12-26(13-15-27)20-8-4-5-11-22-20/h2-11H,12-15H2,1H3,(H,25,28)/b24-16+. The summed E-state index contributed by atoms with van der Waals surface area (Å²) in [5, 5.41) is 6.21. The van der Waals surface area contributed by atoms with Gasteiger partial charge in [0.15, 0.2) is 5.11 Å². The molecule has 0 saturated carbocycles. The van der Waals surface area contributed by atoms with Gasteiger partial charge in [-0.15, -0.1) is 0 Å². The highest BCUT2D eigenvalue weighted by atomic mass is 32.1. The van der Waals surface area contributed by atoms with Gasteiger partial charge in [0, 0.05) is 37.8 Å². The number of fused-ring (bicyclic) bond motifs is 1. The van der Waals surface area contributed by atoms with Gasteiger partial charge in [0.05, 0.1) is 16.9 Å². The van der Waals surface area contributed by atoms with E-state index in [4.69, 9.17) is 12.2 Å². The zero-order valence-corrected chi connectivity index (χ0v) is 16.6. The van der Waals surface area contributed by atoms with Crippen LogP contribution in [0.1, 0.15) is 12.6 Å². The highest BCUT2D eigenvalue weighted by Gasteiger charge is 2.19. The number of rotatable bonds is 3. The van der Waals surface area contributed by atoms with Gasteiger partial charge < -0.3 is 9.80 Å². The lowest BCUT2D eigenvalue weighted by atomic mass is 10.2. The third-order valence-electron chi connectivity index (χ3n) is 4.83. The van der Waals surface area contributed by atoms with Crippen LogP contribution in [0.2, 0.25) is 0 Å². The number of nitrogens with zero attached hydrogens (tertiary/aromatic N) is 5. The quantitative estimate of drug-likeness (QED) is 0.421. The molecule has 28 heavy (non-hydrogen) atoms. The fourth-order valence-electron chi connectivity index (χ4n) is 3.21. The van der Waals surface area contributed by atoms with Crippen molar-refractivity contribution in [1.82, 2.24) is 20.3 Å². The molecule has 1 aromatic carbocycles. The predicted molar refractivity (Wildman–Crippen MR) is 118 cm³/mol. The first-order valence-corrected chi connectivity index (χ1v) is 9.73. The topological polar surface area (TPSA) is 56.7 Å². The summed E-state index contributed by atoms with van der Waals surface area (Å²) < 4.78 is 0. The second kappa shape index (κ2) is 8.31. The summed E-state index contributed by atoms with van der Waals surface area (Å²) in [7, 11) is 0. The average Bonchev–Trinajstić information content (AvgIpc) is 2.77. The third kappa shape index (κ3) is 4.09. The predicted octanol–water partition coefficient (Wildman–Crippen LogP) is 3.05. The minimum Gasteiger partial charge on any atom is -0.353 e. The van der Waals surface area contributed by atoms with E-state index < -0.39 is 0 Å². The number of hydrogen-bond donors (Lipinski definition) is 1. The van der Waals surface area contributed by atoms with Gasteiger partial charge in [-0.2, -0.15) is 5.10 Å². The summed E-state index contributed by atoms with van der Waals surface area (Å²) >= 11 is 5.53. The van der Waals surface area contributed by atoms with Crippen molar-refractivity contribution in [2.45, 2.75) is 6.92 Å². The van der Waals surface area contributed by atoms with Gasteiger partial charge in [0.25, 0.3) is 0 Å². The molecular weight excluding hydrogens is 368 g/mol. The van der Waals surface area contributed by atoms with E-state index in [0.29, 0.717) is 5.11 Å². The molecule has 7 heteroatoms. The van der Waals surface area contributed by atoms with Crippen LogP contribution in [0.3, 0.4) is 0 Å². The number of aromatic nitrogens is 2. The van der Waals surface area contributed by atoms with Crippen LogP contribution in [-0.2, 0) is 0 Å². The van der Waals surface area contributed by atoms with Crippen LogP contribution in [0.4, 0.5) is 5.82 Å². The highest BCUT2D eigenvalue weighted by molar-refractivity contribution is 7.80. The Labute approximate surface area is 169 Å². The molecule has 0 spiro atoms. The van der Waals surface area contributed by atoms with E-state index in [0.717, 1.165) is 54.3 Å². The second-order valence-corrected chi connectivity index (χ2v) is 7.05. The average molecular weight is 391 g/mol. The Hall–Kier alpha value is -3.06. The van der Waals surface area contributed by atoms with Crippen molar-refractivity contribution < 1.29 is 0 Å². The Kier molecular flexibility index (Phi) is 5.43. The Morgan fingerprint density at radius 3 is 2.57 bits per heavy atom. The summed E-state index contributed by atoms with van der Waals surface area (Å²) in [5.41, 5.74) is 5.63. The Bertz CT molecular complexity index is 996. The number of benzene rings is 1. The number of piperazine rings is 1. The van der Waals surface area contributed by atoms with E-state index in [1.807, 2.05) is 55.6 Å². The van der Waals surface area contributed by atoms with E-state index in [2.05, 4.69) is 42.4 Å². The number of thiocarbonyl (C=S) groups is 1. The lowest BCUT2D eigenvalue weighted by molar-refractivity contribution is 0.380. The van der Waals surface area contributed by atoms with Gasteiger partial charge >= 0.3 is 0 Å². The molecule has 1 aliphatic rings. The fourth-order valence-corrected chi connectivity index (χ4v) is 3.43. The molecular formula is C21H22N6S. The van der Waals surface area contributed by atoms with Crippen molar-refractivity contribution in [2.75, 3.05) is 31.1 Å². The van der Waals surface area contributed by atoms with E-state index >= 15 is 0 Å². The minimum atomic E-state index is 0.640. The SMILES string of the molecule is C/C(=N\NC(=S)N1CCN(c2ccccn2)CC1)c1ccc2ccccc2n1.